The van der Waals surface area contributed by atoms with Crippen LogP contribution in [-0.2, 0) is 22.6 Å². The largest absolute Gasteiger partial charge is 0.317 e. The topological polar surface area (TPSA) is 54.7 Å². The maximum atomic E-state index is 12.6. The summed E-state index contributed by atoms with van der Waals surface area (Å²) in [6, 6.07) is 14.1. The number of amides is 2. The molecule has 0 spiro atoms. The molecule has 0 atom stereocenters. The van der Waals surface area contributed by atoms with Gasteiger partial charge in [-0.1, -0.05) is 45.5 Å². The van der Waals surface area contributed by atoms with E-state index in [4.69, 9.17) is 0 Å². The van der Waals surface area contributed by atoms with Gasteiger partial charge in [0.05, 0.1) is 21.7 Å². The second-order valence-corrected chi connectivity index (χ2v) is 9.57. The lowest BCUT2D eigenvalue weighted by Gasteiger charge is -2.16. The molecule has 1 aliphatic heterocycles. The molecule has 29 heavy (non-hydrogen) atoms. The molecule has 2 amide bonds. The molecule has 0 aliphatic carbocycles. The molecule has 150 valence electrons. The van der Waals surface area contributed by atoms with Gasteiger partial charge in [0.15, 0.2) is 4.80 Å². The van der Waals surface area contributed by atoms with Crippen LogP contribution in [0.25, 0.3) is 10.2 Å². The van der Waals surface area contributed by atoms with Crippen LogP contribution in [0.5, 0.6) is 0 Å². The molecular weight excluding hydrogens is 470 g/mol. The van der Waals surface area contributed by atoms with Gasteiger partial charge >= 0.3 is 0 Å². The third-order valence-electron chi connectivity index (χ3n) is 4.82. The Balaban J connectivity index is 1.41. The Labute approximate surface area is 185 Å². The minimum absolute atomic E-state index is 0.0445. The number of fused-ring (bicyclic) bond motifs is 2. The predicted octanol–water partition coefficient (Wildman–Crippen LogP) is 4.24. The molecule has 0 unspecified atom stereocenters. The van der Waals surface area contributed by atoms with E-state index < -0.39 is 0 Å². The molecule has 1 aromatic heterocycles. The van der Waals surface area contributed by atoms with Crippen molar-refractivity contribution in [2.75, 3.05) is 23.0 Å². The lowest BCUT2D eigenvalue weighted by molar-refractivity contribution is -0.116. The monoisotopic (exact) mass is 489 g/mol. The third kappa shape index (κ3) is 4.34. The molecule has 0 fully saturated rings. The van der Waals surface area contributed by atoms with Crippen LogP contribution < -0.4 is 9.70 Å². The van der Waals surface area contributed by atoms with Crippen LogP contribution in [0.4, 0.5) is 5.69 Å². The number of carbonyl (C=O) groups is 2. The van der Waals surface area contributed by atoms with Crippen molar-refractivity contribution >= 4 is 66.7 Å². The molecule has 2 heterocycles. The predicted molar refractivity (Wildman–Crippen MR) is 124 cm³/mol. The quantitative estimate of drug-likeness (QED) is 0.538. The summed E-state index contributed by atoms with van der Waals surface area (Å²) in [7, 11) is 0. The minimum atomic E-state index is -0.211. The van der Waals surface area contributed by atoms with Crippen molar-refractivity contribution in [2.45, 2.75) is 19.9 Å². The average Bonchev–Trinajstić information content (AvgIpc) is 3.28. The summed E-state index contributed by atoms with van der Waals surface area (Å²) < 4.78 is 4.13. The number of benzene rings is 2. The van der Waals surface area contributed by atoms with Crippen LogP contribution in [0.2, 0.25) is 0 Å². The van der Waals surface area contributed by atoms with Crippen molar-refractivity contribution in [3.05, 3.63) is 57.3 Å². The van der Waals surface area contributed by atoms with E-state index in [-0.39, 0.29) is 23.3 Å². The zero-order valence-corrected chi connectivity index (χ0v) is 19.1. The summed E-state index contributed by atoms with van der Waals surface area (Å²) in [6.07, 6.45) is 0.889. The number of hydrogen-bond donors (Lipinski definition) is 0. The van der Waals surface area contributed by atoms with Crippen LogP contribution in [0.15, 0.2) is 51.9 Å². The van der Waals surface area contributed by atoms with Crippen molar-refractivity contribution in [1.82, 2.24) is 4.57 Å². The fourth-order valence-electron chi connectivity index (χ4n) is 3.48. The maximum Gasteiger partial charge on any atom is 0.258 e. The van der Waals surface area contributed by atoms with Gasteiger partial charge in [-0.25, -0.2) is 0 Å². The maximum absolute atomic E-state index is 12.6. The van der Waals surface area contributed by atoms with Gasteiger partial charge in [0.1, 0.15) is 0 Å². The average molecular weight is 490 g/mol. The fraction of sp³-hybridized carbons (Fsp3) is 0.286. The molecule has 0 radical (unpaired) electrons. The van der Waals surface area contributed by atoms with Crippen molar-refractivity contribution in [1.29, 1.82) is 0 Å². The Morgan fingerprint density at radius 2 is 2.03 bits per heavy atom. The van der Waals surface area contributed by atoms with Crippen LogP contribution >= 0.6 is 39.0 Å². The standard InChI is InChI=1S/C21H20BrN3O2S2/c1-2-24-17-8-7-15(22)11-18(17)29-21(24)23-19(26)12-28-13-20(27)25-10-9-14-5-3-4-6-16(14)25/h3-8,11H,2,9-10,12-13H2,1H3. The van der Waals surface area contributed by atoms with Gasteiger partial charge in [0, 0.05) is 23.2 Å². The van der Waals surface area contributed by atoms with Gasteiger partial charge in [0.25, 0.3) is 5.91 Å². The van der Waals surface area contributed by atoms with Crippen LogP contribution in [0, 0.1) is 0 Å². The van der Waals surface area contributed by atoms with Crippen molar-refractivity contribution in [3.8, 4) is 0 Å². The Morgan fingerprint density at radius 1 is 1.21 bits per heavy atom. The second kappa shape index (κ2) is 8.85. The summed E-state index contributed by atoms with van der Waals surface area (Å²) in [4.78, 5) is 31.8. The van der Waals surface area contributed by atoms with Gasteiger partial charge in [-0.2, -0.15) is 4.99 Å². The number of rotatable bonds is 5. The number of halogens is 1. The Hall–Kier alpha value is -1.90. The number of aromatic nitrogens is 1. The Kier molecular flexibility index (Phi) is 6.22. The summed E-state index contributed by atoms with van der Waals surface area (Å²) in [5, 5.41) is 0. The lowest BCUT2D eigenvalue weighted by Crippen LogP contribution is -2.30. The van der Waals surface area contributed by atoms with Crippen LogP contribution in [0.3, 0.4) is 0 Å². The van der Waals surface area contributed by atoms with E-state index in [1.54, 1.807) is 0 Å². The molecular formula is C21H20BrN3O2S2. The van der Waals surface area contributed by atoms with E-state index in [1.807, 2.05) is 52.8 Å². The first kappa shape index (κ1) is 20.4. The van der Waals surface area contributed by atoms with Gasteiger partial charge in [-0.15, -0.1) is 11.8 Å². The van der Waals surface area contributed by atoms with Crippen LogP contribution in [-0.4, -0.2) is 34.4 Å². The Morgan fingerprint density at radius 3 is 2.86 bits per heavy atom. The van der Waals surface area contributed by atoms with Gasteiger partial charge in [-0.05, 0) is 43.2 Å². The normalized spacial score (nSPS) is 13.9. The molecule has 0 N–H and O–H groups in total. The molecule has 4 rings (SSSR count). The summed E-state index contributed by atoms with van der Waals surface area (Å²) in [5.41, 5.74) is 3.27. The first-order valence-corrected chi connectivity index (χ1v) is 12.2. The SMILES string of the molecule is CCn1c(=NC(=O)CSCC(=O)N2CCc3ccccc32)sc2cc(Br)ccc21. The highest BCUT2D eigenvalue weighted by molar-refractivity contribution is 9.10. The number of para-hydroxylation sites is 1. The summed E-state index contributed by atoms with van der Waals surface area (Å²) >= 11 is 6.32. The number of nitrogens with zero attached hydrogens (tertiary/aromatic N) is 3. The number of thioether (sulfide) groups is 1. The van der Waals surface area contributed by atoms with Crippen LogP contribution in [0.1, 0.15) is 12.5 Å². The molecule has 0 bridgehead atoms. The second-order valence-electron chi connectivity index (χ2n) is 6.66. The molecule has 8 heteroatoms. The zero-order chi connectivity index (χ0) is 20.4. The molecule has 5 nitrogen and oxygen atoms in total. The minimum Gasteiger partial charge on any atom is -0.317 e. The van der Waals surface area contributed by atoms with Crippen molar-refractivity contribution in [3.63, 3.8) is 0 Å². The lowest BCUT2D eigenvalue weighted by atomic mass is 10.2. The van der Waals surface area contributed by atoms with E-state index >= 15 is 0 Å². The number of carbonyl (C=O) groups excluding carboxylic acids is 2. The smallest absolute Gasteiger partial charge is 0.258 e. The highest BCUT2D eigenvalue weighted by Gasteiger charge is 2.23. The fourth-order valence-corrected chi connectivity index (χ4v) is 5.81. The molecule has 2 aromatic carbocycles. The van der Waals surface area contributed by atoms with Gasteiger partial charge in [0.2, 0.25) is 5.91 Å². The highest BCUT2D eigenvalue weighted by Crippen LogP contribution is 2.28. The third-order valence-corrected chi connectivity index (χ3v) is 7.26. The van der Waals surface area contributed by atoms with E-state index in [1.165, 1.54) is 28.7 Å². The summed E-state index contributed by atoms with van der Waals surface area (Å²) in [5.74, 6) is 0.312. The number of thiazole rings is 1. The molecule has 0 saturated carbocycles. The number of aryl methyl sites for hydroxylation is 1. The zero-order valence-electron chi connectivity index (χ0n) is 15.9. The van der Waals surface area contributed by atoms with E-state index in [0.717, 1.165) is 33.3 Å². The van der Waals surface area contributed by atoms with Crippen molar-refractivity contribution in [2.24, 2.45) is 4.99 Å². The van der Waals surface area contributed by atoms with Gasteiger partial charge < -0.3 is 9.47 Å². The molecule has 0 saturated heterocycles. The molecule has 1 aliphatic rings. The van der Waals surface area contributed by atoms with E-state index in [9.17, 15) is 9.59 Å². The van der Waals surface area contributed by atoms with E-state index in [2.05, 4.69) is 27.0 Å². The first-order valence-electron chi connectivity index (χ1n) is 9.39. The summed E-state index contributed by atoms with van der Waals surface area (Å²) in [6.45, 7) is 3.50. The Bertz CT molecular complexity index is 1150. The van der Waals surface area contributed by atoms with E-state index in [0.29, 0.717) is 11.3 Å². The van der Waals surface area contributed by atoms with Crippen molar-refractivity contribution < 1.29 is 9.59 Å². The first-order chi connectivity index (χ1) is 14.1. The number of hydrogen-bond acceptors (Lipinski definition) is 4. The number of anilines is 1. The van der Waals surface area contributed by atoms with Gasteiger partial charge in [-0.3, -0.25) is 9.59 Å². The molecule has 3 aromatic rings. The highest BCUT2D eigenvalue weighted by atomic mass is 79.9.